The summed E-state index contributed by atoms with van der Waals surface area (Å²) in [5.74, 6) is 0.235. The molecule has 1 aromatic rings. The summed E-state index contributed by atoms with van der Waals surface area (Å²) in [5, 5.41) is 3.36. The molecule has 8 heteroatoms. The molecular formula is C19H27F3N2O2S. The van der Waals surface area contributed by atoms with Gasteiger partial charge in [-0.2, -0.15) is 17.5 Å². The summed E-state index contributed by atoms with van der Waals surface area (Å²) in [4.78, 5) is -0.0978. The average molecular weight is 404 g/mol. The number of hydrogen-bond donors (Lipinski definition) is 1. The maximum atomic E-state index is 13.2. The van der Waals surface area contributed by atoms with E-state index in [1.165, 1.54) is 10.7 Å². The SMILES string of the molecule is CN(C(C)(C1CCCCC1)C1CCN1)S(=O)(=O)c1ccc(C(F)(F)F)cc1. The van der Waals surface area contributed by atoms with Gasteiger partial charge in [-0.25, -0.2) is 8.42 Å². The lowest BCUT2D eigenvalue weighted by Gasteiger charge is -2.53. The van der Waals surface area contributed by atoms with Gasteiger partial charge in [0.15, 0.2) is 0 Å². The molecule has 1 heterocycles. The van der Waals surface area contributed by atoms with E-state index in [0.717, 1.165) is 62.9 Å². The van der Waals surface area contributed by atoms with Gasteiger partial charge in [0, 0.05) is 13.1 Å². The van der Waals surface area contributed by atoms with Gasteiger partial charge in [-0.15, -0.1) is 0 Å². The van der Waals surface area contributed by atoms with Crippen LogP contribution < -0.4 is 5.32 Å². The molecule has 3 rings (SSSR count). The first-order valence-corrected chi connectivity index (χ1v) is 10.9. The minimum atomic E-state index is -4.49. The number of nitrogens with one attached hydrogen (secondary N) is 1. The highest BCUT2D eigenvalue weighted by Gasteiger charge is 2.50. The Bertz CT molecular complexity index is 754. The monoisotopic (exact) mass is 404 g/mol. The summed E-state index contributed by atoms with van der Waals surface area (Å²) < 4.78 is 66.3. The fourth-order valence-corrected chi connectivity index (χ4v) is 6.06. The molecule has 0 spiro atoms. The van der Waals surface area contributed by atoms with Gasteiger partial charge in [-0.3, -0.25) is 0 Å². The molecule has 2 fully saturated rings. The van der Waals surface area contributed by atoms with Gasteiger partial charge in [0.2, 0.25) is 10.0 Å². The maximum absolute atomic E-state index is 13.2. The first kappa shape index (κ1) is 20.6. The molecule has 1 aliphatic heterocycles. The van der Waals surface area contributed by atoms with E-state index in [0.29, 0.717) is 0 Å². The third kappa shape index (κ3) is 3.76. The van der Waals surface area contributed by atoms with Crippen molar-refractivity contribution in [2.75, 3.05) is 13.6 Å². The van der Waals surface area contributed by atoms with E-state index in [1.54, 1.807) is 7.05 Å². The molecule has 2 aliphatic rings. The normalized spacial score (nSPS) is 24.4. The zero-order chi connectivity index (χ0) is 19.9. The summed E-state index contributed by atoms with van der Waals surface area (Å²) in [7, 11) is -2.33. The van der Waals surface area contributed by atoms with Crippen LogP contribution in [0.25, 0.3) is 0 Å². The number of likely N-dealkylation sites (N-methyl/N-ethyl adjacent to an activating group) is 1. The Labute approximate surface area is 159 Å². The number of alkyl halides is 3. The number of hydrogen-bond acceptors (Lipinski definition) is 3. The number of benzene rings is 1. The molecule has 0 radical (unpaired) electrons. The zero-order valence-corrected chi connectivity index (χ0v) is 16.5. The second-order valence-electron chi connectivity index (χ2n) is 7.85. The van der Waals surface area contributed by atoms with Gasteiger partial charge in [-0.05, 0) is 62.9 Å². The van der Waals surface area contributed by atoms with Crippen LogP contribution in [0.1, 0.15) is 51.0 Å². The molecule has 27 heavy (non-hydrogen) atoms. The van der Waals surface area contributed by atoms with E-state index in [-0.39, 0.29) is 16.9 Å². The fourth-order valence-electron chi connectivity index (χ4n) is 4.47. The average Bonchev–Trinajstić information content (AvgIpc) is 2.59. The molecule has 1 saturated carbocycles. The molecule has 0 amide bonds. The van der Waals surface area contributed by atoms with Crippen molar-refractivity contribution in [1.29, 1.82) is 0 Å². The molecule has 1 N–H and O–H groups in total. The third-order valence-corrected chi connectivity index (χ3v) is 8.46. The van der Waals surface area contributed by atoms with Gasteiger partial charge < -0.3 is 5.32 Å². The summed E-state index contributed by atoms with van der Waals surface area (Å²) in [6, 6.07) is 3.85. The first-order valence-electron chi connectivity index (χ1n) is 9.47. The predicted molar refractivity (Wildman–Crippen MR) is 97.8 cm³/mol. The molecule has 1 aliphatic carbocycles. The largest absolute Gasteiger partial charge is 0.416 e. The standard InChI is InChI=1S/C19H27F3N2O2S/c1-18(17-12-13-23-17,14-6-4-3-5-7-14)24(2)27(25,26)16-10-8-15(9-11-16)19(20,21)22/h8-11,14,17,23H,3-7,12-13H2,1-2H3. The van der Waals surface area contributed by atoms with Gasteiger partial charge in [0.1, 0.15) is 0 Å². The smallest absolute Gasteiger partial charge is 0.312 e. The van der Waals surface area contributed by atoms with Crippen LogP contribution in [-0.4, -0.2) is 37.9 Å². The Balaban J connectivity index is 1.93. The summed E-state index contributed by atoms with van der Waals surface area (Å²) in [5.41, 5.74) is -1.44. The second kappa shape index (κ2) is 7.37. The van der Waals surface area contributed by atoms with Gasteiger partial charge >= 0.3 is 6.18 Å². The lowest BCUT2D eigenvalue weighted by Crippen LogP contribution is -2.68. The predicted octanol–water partition coefficient (Wildman–Crippen LogP) is 4.03. The lowest BCUT2D eigenvalue weighted by atomic mass is 9.69. The number of nitrogens with zero attached hydrogens (tertiary/aromatic N) is 1. The quantitative estimate of drug-likeness (QED) is 0.806. The summed E-state index contributed by atoms with van der Waals surface area (Å²) in [6.45, 7) is 2.85. The Morgan fingerprint density at radius 3 is 2.04 bits per heavy atom. The highest BCUT2D eigenvalue weighted by atomic mass is 32.2. The lowest BCUT2D eigenvalue weighted by molar-refractivity contribution is -0.137. The van der Waals surface area contributed by atoms with E-state index in [1.807, 2.05) is 6.92 Å². The molecule has 0 aromatic heterocycles. The van der Waals surface area contributed by atoms with Crippen LogP contribution in [0, 0.1) is 5.92 Å². The Hall–Kier alpha value is -1.12. The number of rotatable bonds is 5. The highest BCUT2D eigenvalue weighted by molar-refractivity contribution is 7.89. The van der Waals surface area contributed by atoms with Crippen LogP contribution in [0.15, 0.2) is 29.2 Å². The van der Waals surface area contributed by atoms with Crippen LogP contribution in [0.2, 0.25) is 0 Å². The molecule has 152 valence electrons. The van der Waals surface area contributed by atoms with E-state index >= 15 is 0 Å². The fraction of sp³-hybridized carbons (Fsp3) is 0.684. The van der Waals surface area contributed by atoms with Gasteiger partial charge in [-0.1, -0.05) is 19.3 Å². The Kier molecular flexibility index (Phi) is 5.62. The number of halogens is 3. The second-order valence-corrected chi connectivity index (χ2v) is 9.82. The summed E-state index contributed by atoms with van der Waals surface area (Å²) >= 11 is 0. The van der Waals surface area contributed by atoms with Crippen LogP contribution in [0.4, 0.5) is 13.2 Å². The van der Waals surface area contributed by atoms with Crippen LogP contribution in [0.3, 0.4) is 0 Å². The molecule has 4 nitrogen and oxygen atoms in total. The van der Waals surface area contributed by atoms with Crippen LogP contribution in [-0.2, 0) is 16.2 Å². The van der Waals surface area contributed by atoms with E-state index < -0.39 is 27.3 Å². The minimum Gasteiger partial charge on any atom is -0.312 e. The van der Waals surface area contributed by atoms with Crippen molar-refractivity contribution in [3.8, 4) is 0 Å². The molecule has 2 unspecified atom stereocenters. The maximum Gasteiger partial charge on any atom is 0.416 e. The zero-order valence-electron chi connectivity index (χ0n) is 15.7. The van der Waals surface area contributed by atoms with Crippen molar-refractivity contribution in [2.24, 2.45) is 5.92 Å². The Morgan fingerprint density at radius 1 is 1.04 bits per heavy atom. The van der Waals surface area contributed by atoms with Crippen molar-refractivity contribution in [1.82, 2.24) is 9.62 Å². The van der Waals surface area contributed by atoms with E-state index in [2.05, 4.69) is 5.32 Å². The topological polar surface area (TPSA) is 49.4 Å². The van der Waals surface area contributed by atoms with Gasteiger partial charge in [0.25, 0.3) is 0 Å². The molecule has 2 atom stereocenters. The summed E-state index contributed by atoms with van der Waals surface area (Å²) in [6.07, 6.45) is 1.70. The molecule has 0 bridgehead atoms. The first-order chi connectivity index (χ1) is 12.6. The molecular weight excluding hydrogens is 377 g/mol. The van der Waals surface area contributed by atoms with Crippen molar-refractivity contribution < 1.29 is 21.6 Å². The third-order valence-electron chi connectivity index (χ3n) is 6.48. The molecule has 1 aromatic carbocycles. The van der Waals surface area contributed by atoms with Crippen molar-refractivity contribution in [3.05, 3.63) is 29.8 Å². The minimum absolute atomic E-state index is 0.0647. The van der Waals surface area contributed by atoms with Crippen molar-refractivity contribution in [2.45, 2.75) is 68.1 Å². The van der Waals surface area contributed by atoms with Crippen molar-refractivity contribution in [3.63, 3.8) is 0 Å². The van der Waals surface area contributed by atoms with Gasteiger partial charge in [0.05, 0.1) is 16.0 Å². The van der Waals surface area contributed by atoms with E-state index in [4.69, 9.17) is 0 Å². The highest BCUT2D eigenvalue weighted by Crippen LogP contribution is 2.42. The van der Waals surface area contributed by atoms with Crippen LogP contribution in [0.5, 0.6) is 0 Å². The Morgan fingerprint density at radius 2 is 1.59 bits per heavy atom. The van der Waals surface area contributed by atoms with E-state index in [9.17, 15) is 21.6 Å². The molecule has 1 saturated heterocycles. The number of sulfonamides is 1. The van der Waals surface area contributed by atoms with Crippen LogP contribution >= 0.6 is 0 Å². The van der Waals surface area contributed by atoms with Crippen molar-refractivity contribution >= 4 is 10.0 Å².